The zero-order chi connectivity index (χ0) is 18.9. The number of rotatable bonds is 6. The SMILES string of the molecule is CCONc1ncnc2c1c(/C=N/N)cn2[C@@H]1OC(CO)C(O)[C@@]1(C)F. The molecule has 2 unspecified atom stereocenters. The Hall–Kier alpha value is -2.34. The number of aromatic nitrogens is 3. The van der Waals surface area contributed by atoms with E-state index in [4.69, 9.17) is 15.4 Å². The summed E-state index contributed by atoms with van der Waals surface area (Å²) in [6.45, 7) is 2.89. The van der Waals surface area contributed by atoms with Crippen LogP contribution in [0, 0.1) is 0 Å². The van der Waals surface area contributed by atoms with E-state index in [9.17, 15) is 10.2 Å². The number of ether oxygens (including phenoxy) is 1. The van der Waals surface area contributed by atoms with Crippen LogP contribution >= 0.6 is 0 Å². The van der Waals surface area contributed by atoms with E-state index in [2.05, 4.69) is 20.5 Å². The number of alkyl halides is 1. The smallest absolute Gasteiger partial charge is 0.181 e. The van der Waals surface area contributed by atoms with Crippen molar-refractivity contribution in [1.82, 2.24) is 14.5 Å². The number of hydrogen-bond acceptors (Lipinski definition) is 9. The summed E-state index contributed by atoms with van der Waals surface area (Å²) >= 11 is 0. The van der Waals surface area contributed by atoms with Gasteiger partial charge in [0.25, 0.3) is 0 Å². The van der Waals surface area contributed by atoms with Crippen LogP contribution < -0.4 is 11.3 Å². The lowest BCUT2D eigenvalue weighted by atomic mass is 9.98. The first-order valence-corrected chi connectivity index (χ1v) is 8.05. The summed E-state index contributed by atoms with van der Waals surface area (Å²) in [4.78, 5) is 13.5. The van der Waals surface area contributed by atoms with Gasteiger partial charge in [0.1, 0.15) is 24.2 Å². The molecule has 5 N–H and O–H groups in total. The Balaban J connectivity index is 2.15. The van der Waals surface area contributed by atoms with Gasteiger partial charge in [-0.2, -0.15) is 5.10 Å². The lowest BCUT2D eigenvalue weighted by Gasteiger charge is -2.25. The maximum Gasteiger partial charge on any atom is 0.181 e. The molecule has 3 heterocycles. The van der Waals surface area contributed by atoms with Gasteiger partial charge in [-0.05, 0) is 13.8 Å². The number of halogens is 1. The van der Waals surface area contributed by atoms with Gasteiger partial charge in [0.2, 0.25) is 0 Å². The van der Waals surface area contributed by atoms with Gasteiger partial charge < -0.3 is 25.4 Å². The Bertz CT molecular complexity index is 811. The van der Waals surface area contributed by atoms with Crippen molar-refractivity contribution in [2.24, 2.45) is 10.9 Å². The summed E-state index contributed by atoms with van der Waals surface area (Å²) in [5.41, 5.74) is 1.38. The molecule has 0 spiro atoms. The Morgan fingerprint density at radius 3 is 2.96 bits per heavy atom. The molecule has 0 aliphatic carbocycles. The second kappa shape index (κ2) is 7.11. The van der Waals surface area contributed by atoms with Gasteiger partial charge in [0, 0.05) is 11.8 Å². The van der Waals surface area contributed by atoms with Gasteiger partial charge in [0.05, 0.1) is 24.8 Å². The van der Waals surface area contributed by atoms with E-state index in [0.717, 1.165) is 0 Å². The maximum atomic E-state index is 15.2. The number of aliphatic hydroxyl groups excluding tert-OH is 2. The molecule has 0 saturated carbocycles. The lowest BCUT2D eigenvalue weighted by Crippen LogP contribution is -2.40. The fourth-order valence-corrected chi connectivity index (χ4v) is 3.05. The van der Waals surface area contributed by atoms with E-state index in [1.165, 1.54) is 24.0 Å². The van der Waals surface area contributed by atoms with Gasteiger partial charge in [0.15, 0.2) is 17.7 Å². The summed E-state index contributed by atoms with van der Waals surface area (Å²) < 4.78 is 22.1. The van der Waals surface area contributed by atoms with E-state index in [1.807, 2.05) is 0 Å². The summed E-state index contributed by atoms with van der Waals surface area (Å²) in [7, 11) is 0. The van der Waals surface area contributed by atoms with Crippen molar-refractivity contribution >= 4 is 23.1 Å². The Morgan fingerprint density at radius 2 is 2.35 bits per heavy atom. The van der Waals surface area contributed by atoms with Crippen LogP contribution in [0.1, 0.15) is 25.6 Å². The highest BCUT2D eigenvalue weighted by atomic mass is 19.1. The number of nitrogens with zero attached hydrogens (tertiary/aromatic N) is 4. The molecule has 0 radical (unpaired) electrons. The average Bonchev–Trinajstić information content (AvgIpc) is 3.09. The predicted octanol–water partition coefficient (Wildman–Crippen LogP) is 0.0661. The minimum absolute atomic E-state index is 0.330. The number of hydrogen-bond donors (Lipinski definition) is 4. The third-order valence-corrected chi connectivity index (χ3v) is 4.32. The first-order chi connectivity index (χ1) is 12.5. The van der Waals surface area contributed by atoms with Crippen molar-refractivity contribution in [2.45, 2.75) is 38.0 Å². The standard InChI is InChI=1S/C15H21FN6O4/c1-3-25-21-12-10-8(4-20-17)5-22(13(10)19-7-18-12)14-15(2,16)11(24)9(6-23)26-14/h4-5,7,9,11,14,23-24H,3,6,17H2,1-2H3,(H,18,19,21)/b20-4+/t9?,11?,14-,15-/m1/s1. The monoisotopic (exact) mass is 368 g/mol. The van der Waals surface area contributed by atoms with Crippen LogP contribution in [-0.2, 0) is 9.57 Å². The fourth-order valence-electron chi connectivity index (χ4n) is 3.05. The van der Waals surface area contributed by atoms with Crippen molar-refractivity contribution in [3.05, 3.63) is 18.1 Å². The zero-order valence-electron chi connectivity index (χ0n) is 14.3. The van der Waals surface area contributed by atoms with Crippen LogP contribution in [-0.4, -0.2) is 62.1 Å². The fraction of sp³-hybridized carbons (Fsp3) is 0.533. The third-order valence-electron chi connectivity index (χ3n) is 4.32. The minimum Gasteiger partial charge on any atom is -0.394 e. The second-order valence-electron chi connectivity index (χ2n) is 6.03. The summed E-state index contributed by atoms with van der Waals surface area (Å²) in [6, 6.07) is 0. The lowest BCUT2D eigenvalue weighted by molar-refractivity contribution is -0.0564. The normalized spacial score (nSPS) is 29.0. The number of hydrazone groups is 1. The van der Waals surface area contributed by atoms with Gasteiger partial charge in [-0.3, -0.25) is 4.84 Å². The van der Waals surface area contributed by atoms with Gasteiger partial charge in [-0.1, -0.05) is 0 Å². The molecule has 4 atom stereocenters. The molecule has 0 bridgehead atoms. The van der Waals surface area contributed by atoms with E-state index < -0.39 is 30.7 Å². The van der Waals surface area contributed by atoms with E-state index >= 15 is 4.39 Å². The largest absolute Gasteiger partial charge is 0.394 e. The molecule has 0 aromatic carbocycles. The molecule has 0 amide bonds. The highest BCUT2D eigenvalue weighted by Gasteiger charge is 2.55. The molecule has 11 heteroatoms. The molecular formula is C15H21FN6O4. The third kappa shape index (κ3) is 2.88. The summed E-state index contributed by atoms with van der Waals surface area (Å²) in [5.74, 6) is 5.62. The average molecular weight is 368 g/mol. The molecule has 1 saturated heterocycles. The van der Waals surface area contributed by atoms with Crippen molar-refractivity contribution in [2.75, 3.05) is 18.7 Å². The number of nitrogens with one attached hydrogen (secondary N) is 1. The molecular weight excluding hydrogens is 347 g/mol. The molecule has 3 rings (SSSR count). The zero-order valence-corrected chi connectivity index (χ0v) is 14.3. The molecule has 142 valence electrons. The summed E-state index contributed by atoms with van der Waals surface area (Å²) in [5, 5.41) is 23.5. The van der Waals surface area contributed by atoms with E-state index in [1.54, 1.807) is 13.1 Å². The molecule has 1 aliphatic heterocycles. The van der Waals surface area contributed by atoms with Gasteiger partial charge >= 0.3 is 0 Å². The number of anilines is 1. The van der Waals surface area contributed by atoms with Gasteiger partial charge in [-0.15, -0.1) is 0 Å². The van der Waals surface area contributed by atoms with E-state index in [0.29, 0.717) is 29.0 Å². The predicted molar refractivity (Wildman–Crippen MR) is 91.1 cm³/mol. The highest BCUT2D eigenvalue weighted by Crippen LogP contribution is 2.43. The highest BCUT2D eigenvalue weighted by molar-refractivity contribution is 6.03. The molecule has 1 fully saturated rings. The topological polar surface area (TPSA) is 140 Å². The van der Waals surface area contributed by atoms with Crippen LogP contribution in [0.4, 0.5) is 10.2 Å². The molecule has 2 aromatic rings. The first kappa shape index (κ1) is 18.5. The Morgan fingerprint density at radius 1 is 1.58 bits per heavy atom. The quantitative estimate of drug-likeness (QED) is 0.319. The first-order valence-electron chi connectivity index (χ1n) is 8.05. The maximum absolute atomic E-state index is 15.2. The van der Waals surface area contributed by atoms with E-state index in [-0.39, 0.29) is 0 Å². The number of nitrogens with two attached hydrogens (primary N) is 1. The Labute approximate surface area is 148 Å². The second-order valence-corrected chi connectivity index (χ2v) is 6.03. The number of aliphatic hydroxyl groups is 2. The van der Waals surface area contributed by atoms with Crippen LogP contribution in [0.25, 0.3) is 11.0 Å². The molecule has 1 aliphatic rings. The molecule has 2 aromatic heterocycles. The van der Waals surface area contributed by atoms with Crippen LogP contribution in [0.2, 0.25) is 0 Å². The van der Waals surface area contributed by atoms with Crippen molar-refractivity contribution in [3.63, 3.8) is 0 Å². The van der Waals surface area contributed by atoms with Crippen LogP contribution in [0.3, 0.4) is 0 Å². The molecule has 26 heavy (non-hydrogen) atoms. The van der Waals surface area contributed by atoms with Crippen molar-refractivity contribution in [1.29, 1.82) is 0 Å². The van der Waals surface area contributed by atoms with Crippen molar-refractivity contribution < 1.29 is 24.2 Å². The minimum atomic E-state index is -2.16. The summed E-state index contributed by atoms with van der Waals surface area (Å²) in [6.07, 6.45) is 0.429. The van der Waals surface area contributed by atoms with Crippen LogP contribution in [0.5, 0.6) is 0 Å². The van der Waals surface area contributed by atoms with Crippen LogP contribution in [0.15, 0.2) is 17.6 Å². The van der Waals surface area contributed by atoms with Gasteiger partial charge in [-0.25, -0.2) is 19.8 Å². The molecule has 10 nitrogen and oxygen atoms in total. The van der Waals surface area contributed by atoms with Crippen molar-refractivity contribution in [3.8, 4) is 0 Å². The number of fused-ring (bicyclic) bond motifs is 1. The Kier molecular flexibility index (Phi) is 5.05.